The van der Waals surface area contributed by atoms with Crippen molar-refractivity contribution in [3.8, 4) is 0 Å². The molecule has 0 aliphatic carbocycles. The number of hydrogen-bond acceptors (Lipinski definition) is 3. The lowest BCUT2D eigenvalue weighted by Gasteiger charge is -2.36. The molecular weight excluding hydrogens is 192 g/mol. The van der Waals surface area contributed by atoms with E-state index >= 15 is 0 Å². The van der Waals surface area contributed by atoms with Gasteiger partial charge in [-0.05, 0) is 25.5 Å². The smallest absolute Gasteiger partial charge is 0.289 e. The first-order valence-electron chi connectivity index (χ1n) is 5.36. The van der Waals surface area contributed by atoms with Crippen LogP contribution in [0.1, 0.15) is 22.7 Å². The van der Waals surface area contributed by atoms with E-state index in [1.54, 1.807) is 6.07 Å². The largest absolute Gasteiger partial charge is 0.456 e. The Kier molecular flexibility index (Phi) is 1.85. The Bertz CT molecular complexity index is 399. The van der Waals surface area contributed by atoms with Crippen LogP contribution < -0.4 is 5.32 Å². The molecule has 3 heterocycles. The van der Waals surface area contributed by atoms with E-state index in [0.29, 0.717) is 17.8 Å². The second-order valence-electron chi connectivity index (χ2n) is 4.28. The SMILES string of the molecule is Cc1ccc(C(=O)N2CCC3NCC32)o1. The van der Waals surface area contributed by atoms with E-state index in [1.165, 1.54) is 0 Å². The van der Waals surface area contributed by atoms with Crippen molar-refractivity contribution >= 4 is 5.91 Å². The fourth-order valence-electron chi connectivity index (χ4n) is 2.40. The fourth-order valence-corrected chi connectivity index (χ4v) is 2.40. The van der Waals surface area contributed by atoms with E-state index in [-0.39, 0.29) is 5.91 Å². The Hall–Kier alpha value is -1.29. The first-order chi connectivity index (χ1) is 7.25. The standard InChI is InChI=1S/C11H14N2O2/c1-7-2-3-10(15-7)11(14)13-5-4-8-9(13)6-12-8/h2-3,8-9,12H,4-6H2,1H3. The summed E-state index contributed by atoms with van der Waals surface area (Å²) in [5, 5.41) is 3.32. The second kappa shape index (κ2) is 3.10. The zero-order chi connectivity index (χ0) is 10.4. The molecule has 2 fully saturated rings. The van der Waals surface area contributed by atoms with Crippen molar-refractivity contribution in [3.63, 3.8) is 0 Å². The first-order valence-corrected chi connectivity index (χ1v) is 5.36. The molecule has 2 aliphatic heterocycles. The summed E-state index contributed by atoms with van der Waals surface area (Å²) in [7, 11) is 0. The predicted octanol–water partition coefficient (Wildman–Crippen LogP) is 0.774. The molecule has 2 aliphatic rings. The topological polar surface area (TPSA) is 45.5 Å². The molecule has 4 nitrogen and oxygen atoms in total. The number of nitrogens with zero attached hydrogens (tertiary/aromatic N) is 1. The minimum atomic E-state index is 0.0390. The van der Waals surface area contributed by atoms with Gasteiger partial charge in [-0.3, -0.25) is 4.79 Å². The summed E-state index contributed by atoms with van der Waals surface area (Å²) >= 11 is 0. The third-order valence-electron chi connectivity index (χ3n) is 3.35. The molecule has 0 saturated carbocycles. The zero-order valence-corrected chi connectivity index (χ0v) is 8.69. The first kappa shape index (κ1) is 8.97. The Morgan fingerprint density at radius 2 is 2.47 bits per heavy atom. The summed E-state index contributed by atoms with van der Waals surface area (Å²) in [5.74, 6) is 1.30. The number of rotatable bonds is 1. The van der Waals surface area contributed by atoms with Crippen LogP contribution >= 0.6 is 0 Å². The lowest BCUT2D eigenvalue weighted by atomic mass is 10.0. The molecule has 1 amide bonds. The van der Waals surface area contributed by atoms with Gasteiger partial charge in [-0.25, -0.2) is 0 Å². The van der Waals surface area contributed by atoms with Crippen molar-refractivity contribution in [2.24, 2.45) is 0 Å². The summed E-state index contributed by atoms with van der Waals surface area (Å²) in [6.07, 6.45) is 1.07. The maximum absolute atomic E-state index is 12.1. The summed E-state index contributed by atoms with van der Waals surface area (Å²) in [5.41, 5.74) is 0. The lowest BCUT2D eigenvalue weighted by molar-refractivity contribution is 0.0645. The molecule has 4 heteroatoms. The molecule has 2 unspecified atom stereocenters. The van der Waals surface area contributed by atoms with Gasteiger partial charge in [-0.1, -0.05) is 0 Å². The van der Waals surface area contributed by atoms with Gasteiger partial charge in [0.1, 0.15) is 5.76 Å². The maximum Gasteiger partial charge on any atom is 0.289 e. The maximum atomic E-state index is 12.1. The molecule has 0 spiro atoms. The summed E-state index contributed by atoms with van der Waals surface area (Å²) in [6.45, 7) is 3.63. The molecule has 2 saturated heterocycles. The quantitative estimate of drug-likeness (QED) is 0.738. The third kappa shape index (κ3) is 1.28. The van der Waals surface area contributed by atoms with Gasteiger partial charge >= 0.3 is 0 Å². The van der Waals surface area contributed by atoms with Gasteiger partial charge in [0.15, 0.2) is 5.76 Å². The molecule has 1 aromatic heterocycles. The van der Waals surface area contributed by atoms with E-state index in [9.17, 15) is 4.79 Å². The van der Waals surface area contributed by atoms with Crippen LogP contribution in [-0.4, -0.2) is 36.0 Å². The predicted molar refractivity (Wildman–Crippen MR) is 54.7 cm³/mol. The Morgan fingerprint density at radius 3 is 3.00 bits per heavy atom. The van der Waals surface area contributed by atoms with Gasteiger partial charge in [0.2, 0.25) is 0 Å². The van der Waals surface area contributed by atoms with Crippen molar-refractivity contribution in [2.75, 3.05) is 13.1 Å². The highest BCUT2D eigenvalue weighted by molar-refractivity contribution is 5.92. The van der Waals surface area contributed by atoms with Crippen LogP contribution in [0.2, 0.25) is 0 Å². The molecule has 0 radical (unpaired) electrons. The van der Waals surface area contributed by atoms with Crippen LogP contribution in [0.25, 0.3) is 0 Å². The number of carbonyl (C=O) groups is 1. The van der Waals surface area contributed by atoms with E-state index in [0.717, 1.165) is 25.3 Å². The summed E-state index contributed by atoms with van der Waals surface area (Å²) in [4.78, 5) is 14.0. The van der Waals surface area contributed by atoms with E-state index in [2.05, 4.69) is 5.32 Å². The van der Waals surface area contributed by atoms with Crippen molar-refractivity contribution in [1.82, 2.24) is 10.2 Å². The van der Waals surface area contributed by atoms with Gasteiger partial charge in [0, 0.05) is 19.1 Å². The van der Waals surface area contributed by atoms with Crippen LogP contribution in [0.5, 0.6) is 0 Å². The average Bonchev–Trinajstić information content (AvgIpc) is 2.70. The van der Waals surface area contributed by atoms with Gasteiger partial charge in [0.05, 0.1) is 6.04 Å². The monoisotopic (exact) mass is 206 g/mol. The highest BCUT2D eigenvalue weighted by Crippen LogP contribution is 2.26. The van der Waals surface area contributed by atoms with Crippen molar-refractivity contribution < 1.29 is 9.21 Å². The van der Waals surface area contributed by atoms with Crippen LogP contribution in [0.3, 0.4) is 0 Å². The number of carbonyl (C=O) groups excluding carboxylic acids is 1. The van der Waals surface area contributed by atoms with Crippen LogP contribution in [0, 0.1) is 6.92 Å². The molecule has 2 atom stereocenters. The van der Waals surface area contributed by atoms with Gasteiger partial charge < -0.3 is 14.6 Å². The Balaban J connectivity index is 1.80. The fraction of sp³-hybridized carbons (Fsp3) is 0.545. The molecular formula is C11H14N2O2. The molecule has 80 valence electrons. The number of furan rings is 1. The third-order valence-corrected chi connectivity index (χ3v) is 3.35. The molecule has 3 rings (SSSR count). The molecule has 1 N–H and O–H groups in total. The lowest BCUT2D eigenvalue weighted by Crippen LogP contribution is -2.60. The highest BCUT2D eigenvalue weighted by atomic mass is 16.3. The molecule has 15 heavy (non-hydrogen) atoms. The van der Waals surface area contributed by atoms with Crippen molar-refractivity contribution in [2.45, 2.75) is 25.4 Å². The number of nitrogens with one attached hydrogen (secondary N) is 1. The molecule has 0 bridgehead atoms. The summed E-state index contributed by atoms with van der Waals surface area (Å²) < 4.78 is 5.35. The van der Waals surface area contributed by atoms with Gasteiger partial charge in [-0.15, -0.1) is 0 Å². The number of hydrogen-bond donors (Lipinski definition) is 1. The minimum Gasteiger partial charge on any atom is -0.456 e. The Morgan fingerprint density at radius 1 is 1.60 bits per heavy atom. The van der Waals surface area contributed by atoms with Crippen molar-refractivity contribution in [1.29, 1.82) is 0 Å². The van der Waals surface area contributed by atoms with Crippen LogP contribution in [-0.2, 0) is 0 Å². The highest BCUT2D eigenvalue weighted by Gasteiger charge is 2.43. The van der Waals surface area contributed by atoms with E-state index < -0.39 is 0 Å². The number of likely N-dealkylation sites (tertiary alicyclic amines) is 1. The van der Waals surface area contributed by atoms with Crippen LogP contribution in [0.4, 0.5) is 0 Å². The number of amides is 1. The van der Waals surface area contributed by atoms with E-state index in [4.69, 9.17) is 4.42 Å². The zero-order valence-electron chi connectivity index (χ0n) is 8.69. The second-order valence-corrected chi connectivity index (χ2v) is 4.28. The molecule has 1 aromatic rings. The molecule has 0 aromatic carbocycles. The number of fused-ring (bicyclic) bond motifs is 1. The Labute approximate surface area is 88.2 Å². The van der Waals surface area contributed by atoms with E-state index in [1.807, 2.05) is 17.9 Å². The number of aryl methyl sites for hydroxylation is 1. The minimum absolute atomic E-state index is 0.0390. The van der Waals surface area contributed by atoms with Crippen LogP contribution in [0.15, 0.2) is 16.5 Å². The van der Waals surface area contributed by atoms with Gasteiger partial charge in [0.25, 0.3) is 5.91 Å². The normalized spacial score (nSPS) is 28.7. The van der Waals surface area contributed by atoms with Gasteiger partial charge in [-0.2, -0.15) is 0 Å². The average molecular weight is 206 g/mol. The van der Waals surface area contributed by atoms with Crippen molar-refractivity contribution in [3.05, 3.63) is 23.7 Å². The summed E-state index contributed by atoms with van der Waals surface area (Å²) in [6, 6.07) is 4.50.